The Labute approximate surface area is 199 Å². The van der Waals surface area contributed by atoms with Crippen LogP contribution in [0.15, 0.2) is 48.9 Å². The molecule has 0 spiro atoms. The minimum atomic E-state index is -0.367. The van der Waals surface area contributed by atoms with Crippen molar-refractivity contribution in [3.63, 3.8) is 0 Å². The second kappa shape index (κ2) is 8.11. The molecule has 0 radical (unpaired) electrons. The summed E-state index contributed by atoms with van der Waals surface area (Å²) in [5.41, 5.74) is 10.7. The summed E-state index contributed by atoms with van der Waals surface area (Å²) < 4.78 is 17.3. The number of pyridine rings is 1. The lowest BCUT2D eigenvalue weighted by molar-refractivity contribution is 0.0938. The number of nitrogens with zero attached hydrogens (tertiary/aromatic N) is 5. The summed E-state index contributed by atoms with van der Waals surface area (Å²) in [5, 5.41) is 3.28. The second-order valence-electron chi connectivity index (χ2n) is 8.32. The Morgan fingerprint density at radius 3 is 2.53 bits per heavy atom. The largest absolute Gasteiger partial charge is 0.381 e. The van der Waals surface area contributed by atoms with Crippen LogP contribution >= 0.6 is 11.6 Å². The van der Waals surface area contributed by atoms with E-state index in [-0.39, 0.29) is 29.3 Å². The smallest absolute Gasteiger partial charge is 0.271 e. The van der Waals surface area contributed by atoms with Crippen LogP contribution in [0.2, 0.25) is 5.02 Å². The number of rotatable bonds is 4. The van der Waals surface area contributed by atoms with Crippen LogP contribution in [0.25, 0.3) is 33.8 Å². The minimum Gasteiger partial charge on any atom is -0.381 e. The number of carbonyl (C=O) groups excluding carboxylic acids is 1. The fourth-order valence-corrected chi connectivity index (χ4v) is 4.15. The third-order valence-electron chi connectivity index (χ3n) is 5.42. The zero-order valence-electron chi connectivity index (χ0n) is 18.7. The summed E-state index contributed by atoms with van der Waals surface area (Å²) >= 11 is 6.57. The number of benzene rings is 1. The van der Waals surface area contributed by atoms with Crippen molar-refractivity contribution in [2.24, 2.45) is 0 Å². The third kappa shape index (κ3) is 3.63. The molecular weight excluding hydrogens is 457 g/mol. The summed E-state index contributed by atoms with van der Waals surface area (Å²) in [6.45, 7) is 5.65. The van der Waals surface area contributed by atoms with Gasteiger partial charge in [-0.2, -0.15) is 0 Å². The van der Waals surface area contributed by atoms with Gasteiger partial charge >= 0.3 is 0 Å². The maximum Gasteiger partial charge on any atom is 0.271 e. The summed E-state index contributed by atoms with van der Waals surface area (Å²) in [6.07, 6.45) is 5.23. The SMILES string of the molecule is Cc1cnc2c(Cl)cc(-c3c(-c4ccc(F)cc4)nc(N)c4nc(C(=O)NC(C)C)cn34)cn12. The monoisotopic (exact) mass is 477 g/mol. The highest BCUT2D eigenvalue weighted by molar-refractivity contribution is 6.33. The van der Waals surface area contributed by atoms with Crippen LogP contribution in [0.1, 0.15) is 30.0 Å². The van der Waals surface area contributed by atoms with Crippen molar-refractivity contribution in [2.45, 2.75) is 26.8 Å². The second-order valence-corrected chi connectivity index (χ2v) is 8.73. The Bertz CT molecular complexity index is 1570. The number of aryl methyl sites for hydroxylation is 1. The molecule has 5 aromatic rings. The van der Waals surface area contributed by atoms with Gasteiger partial charge < -0.3 is 15.5 Å². The van der Waals surface area contributed by atoms with Gasteiger partial charge in [0.1, 0.15) is 11.5 Å². The number of hydrogen-bond donors (Lipinski definition) is 2. The van der Waals surface area contributed by atoms with Gasteiger partial charge in [-0.1, -0.05) is 11.6 Å². The Morgan fingerprint density at radius 2 is 1.82 bits per heavy atom. The molecule has 0 saturated carbocycles. The predicted octanol–water partition coefficient (Wildman–Crippen LogP) is 4.53. The van der Waals surface area contributed by atoms with Crippen molar-refractivity contribution in [1.82, 2.24) is 29.1 Å². The molecule has 0 saturated heterocycles. The van der Waals surface area contributed by atoms with Crippen LogP contribution in [0.4, 0.5) is 10.2 Å². The van der Waals surface area contributed by atoms with Crippen molar-refractivity contribution >= 4 is 34.6 Å². The van der Waals surface area contributed by atoms with Gasteiger partial charge in [0.15, 0.2) is 17.1 Å². The van der Waals surface area contributed by atoms with Crippen LogP contribution in [0, 0.1) is 12.7 Å². The normalized spacial score (nSPS) is 11.6. The van der Waals surface area contributed by atoms with Crippen LogP contribution < -0.4 is 11.1 Å². The summed E-state index contributed by atoms with van der Waals surface area (Å²) in [7, 11) is 0. The fraction of sp³-hybridized carbons (Fsp3) is 0.167. The van der Waals surface area contributed by atoms with E-state index in [1.54, 1.807) is 35.0 Å². The molecule has 1 amide bonds. The molecule has 0 aliphatic heterocycles. The number of nitrogen functional groups attached to an aromatic ring is 1. The molecule has 0 fully saturated rings. The number of hydrogen-bond acceptors (Lipinski definition) is 5. The zero-order chi connectivity index (χ0) is 24.1. The fourth-order valence-electron chi connectivity index (χ4n) is 3.89. The van der Waals surface area contributed by atoms with Crippen molar-refractivity contribution in [3.05, 3.63) is 71.2 Å². The first-order chi connectivity index (χ1) is 16.2. The van der Waals surface area contributed by atoms with Crippen molar-refractivity contribution in [1.29, 1.82) is 0 Å². The number of fused-ring (bicyclic) bond motifs is 2. The average molecular weight is 478 g/mol. The maximum atomic E-state index is 13.7. The molecule has 34 heavy (non-hydrogen) atoms. The van der Waals surface area contributed by atoms with E-state index >= 15 is 0 Å². The third-order valence-corrected chi connectivity index (χ3v) is 5.70. The maximum absolute atomic E-state index is 13.7. The molecule has 10 heteroatoms. The Morgan fingerprint density at radius 1 is 1.09 bits per heavy atom. The topological polar surface area (TPSA) is 103 Å². The standard InChI is InChI=1S/C24H21ClFN7O/c1-12(2)29-24(34)18-11-33-20(15-8-17(25)22-28-9-13(3)32(22)10-15)19(31-21(27)23(33)30-18)14-4-6-16(26)7-5-14/h4-12H,1-3H3,(H2,27,31)(H,29,34). The van der Waals surface area contributed by atoms with Gasteiger partial charge in [0.2, 0.25) is 0 Å². The van der Waals surface area contributed by atoms with Gasteiger partial charge in [-0.3, -0.25) is 9.20 Å². The molecule has 0 unspecified atom stereocenters. The molecule has 4 aromatic heterocycles. The van der Waals surface area contributed by atoms with Crippen molar-refractivity contribution in [3.8, 4) is 22.5 Å². The van der Waals surface area contributed by atoms with Gasteiger partial charge in [-0.25, -0.2) is 19.3 Å². The lowest BCUT2D eigenvalue weighted by Gasteiger charge is -2.14. The quantitative estimate of drug-likeness (QED) is 0.396. The molecule has 3 N–H and O–H groups in total. The molecule has 172 valence electrons. The molecule has 4 heterocycles. The van der Waals surface area contributed by atoms with Gasteiger partial charge in [0, 0.05) is 41.5 Å². The molecule has 0 aliphatic carbocycles. The number of anilines is 1. The molecule has 5 rings (SSSR count). The summed E-state index contributed by atoms with van der Waals surface area (Å²) in [4.78, 5) is 26.1. The first-order valence-electron chi connectivity index (χ1n) is 10.6. The highest BCUT2D eigenvalue weighted by Crippen LogP contribution is 2.35. The highest BCUT2D eigenvalue weighted by Gasteiger charge is 2.22. The van der Waals surface area contributed by atoms with E-state index in [9.17, 15) is 9.18 Å². The van der Waals surface area contributed by atoms with E-state index in [0.29, 0.717) is 38.8 Å². The first kappa shape index (κ1) is 21.8. The first-order valence-corrected chi connectivity index (χ1v) is 11.0. The van der Waals surface area contributed by atoms with Crippen LogP contribution in [0.5, 0.6) is 0 Å². The van der Waals surface area contributed by atoms with Crippen molar-refractivity contribution in [2.75, 3.05) is 5.73 Å². The molecular formula is C24H21ClFN7O. The van der Waals surface area contributed by atoms with Gasteiger partial charge in [0.25, 0.3) is 5.91 Å². The number of nitrogens with one attached hydrogen (secondary N) is 1. The Balaban J connectivity index is 1.84. The number of aromatic nitrogens is 5. The van der Waals surface area contributed by atoms with Gasteiger partial charge in [-0.15, -0.1) is 0 Å². The van der Waals surface area contributed by atoms with Crippen LogP contribution in [0.3, 0.4) is 0 Å². The van der Waals surface area contributed by atoms with Crippen LogP contribution in [-0.4, -0.2) is 35.7 Å². The van der Waals surface area contributed by atoms with Crippen molar-refractivity contribution < 1.29 is 9.18 Å². The van der Waals surface area contributed by atoms with Gasteiger partial charge in [-0.05, 0) is 51.1 Å². The number of halogens is 2. The zero-order valence-corrected chi connectivity index (χ0v) is 19.4. The number of carbonyl (C=O) groups is 1. The van der Waals surface area contributed by atoms with E-state index < -0.39 is 0 Å². The Hall–Kier alpha value is -3.98. The highest BCUT2D eigenvalue weighted by atomic mass is 35.5. The van der Waals surface area contributed by atoms with E-state index in [1.165, 1.54) is 12.1 Å². The number of imidazole rings is 2. The van der Waals surface area contributed by atoms with E-state index in [1.807, 2.05) is 31.4 Å². The van der Waals surface area contributed by atoms with Gasteiger partial charge in [0.05, 0.1) is 16.4 Å². The number of nitrogens with two attached hydrogens (primary N) is 1. The summed E-state index contributed by atoms with van der Waals surface area (Å²) in [6, 6.07) is 7.67. The van der Waals surface area contributed by atoms with E-state index in [0.717, 1.165) is 5.69 Å². The lowest BCUT2D eigenvalue weighted by atomic mass is 10.0. The minimum absolute atomic E-state index is 0.0625. The van der Waals surface area contributed by atoms with E-state index in [2.05, 4.69) is 20.3 Å². The van der Waals surface area contributed by atoms with Crippen LogP contribution in [-0.2, 0) is 0 Å². The summed E-state index contributed by atoms with van der Waals surface area (Å²) in [5.74, 6) is -0.558. The number of amides is 1. The predicted molar refractivity (Wildman–Crippen MR) is 129 cm³/mol. The Kier molecular flexibility index (Phi) is 5.21. The molecule has 1 aromatic carbocycles. The molecule has 0 atom stereocenters. The molecule has 0 bridgehead atoms. The lowest BCUT2D eigenvalue weighted by Crippen LogP contribution is -2.30. The molecule has 8 nitrogen and oxygen atoms in total. The van der Waals surface area contributed by atoms with E-state index in [4.69, 9.17) is 17.3 Å². The average Bonchev–Trinajstić information content (AvgIpc) is 3.39. The molecule has 0 aliphatic rings.